The van der Waals surface area contributed by atoms with Crippen LogP contribution >= 0.6 is 0 Å². The summed E-state index contributed by atoms with van der Waals surface area (Å²) in [5.74, 6) is -1.11. The molecule has 1 unspecified atom stereocenters. The zero-order valence-electron chi connectivity index (χ0n) is 12.7. The summed E-state index contributed by atoms with van der Waals surface area (Å²) >= 11 is 0. The summed E-state index contributed by atoms with van der Waals surface area (Å²) in [5.41, 5.74) is 1.87. The number of aliphatic hydroxyl groups excluding tert-OH is 1. The van der Waals surface area contributed by atoms with E-state index in [0.717, 1.165) is 42.4 Å². The molecule has 1 fully saturated rings. The smallest absolute Gasteiger partial charge is 0.303 e. The zero-order valence-corrected chi connectivity index (χ0v) is 12.7. The summed E-state index contributed by atoms with van der Waals surface area (Å²) in [5, 5.41) is 19.7. The Kier molecular flexibility index (Phi) is 4.67. The van der Waals surface area contributed by atoms with Crippen LogP contribution in [0, 0.1) is 25.1 Å². The second-order valence-electron chi connectivity index (χ2n) is 6.45. The number of hydrogen-bond acceptors (Lipinski definition) is 2. The third-order valence-corrected chi connectivity index (χ3v) is 4.71. The number of aliphatic hydroxyl groups is 1. The average Bonchev–Trinajstić information content (AvgIpc) is 2.74. The Hall–Kier alpha value is -1.42. The van der Waals surface area contributed by atoms with Crippen molar-refractivity contribution in [2.24, 2.45) is 5.41 Å². The molecule has 0 aromatic heterocycles. The van der Waals surface area contributed by atoms with Crippen molar-refractivity contribution in [3.05, 3.63) is 34.6 Å². The van der Waals surface area contributed by atoms with Crippen molar-refractivity contribution in [1.82, 2.24) is 0 Å². The maximum Gasteiger partial charge on any atom is 0.303 e. The standard InChI is InChI=1S/C17H23FO3/c1-11-7-13(18)8-12(2)16(11)14(19)9-17(10-15(20)21)5-3-4-6-17/h7-8,14,19H,3-6,9-10H2,1-2H3,(H,20,21). The van der Waals surface area contributed by atoms with Crippen LogP contribution in [0.15, 0.2) is 12.1 Å². The molecule has 0 bridgehead atoms. The highest BCUT2D eigenvalue weighted by molar-refractivity contribution is 5.67. The molecule has 3 nitrogen and oxygen atoms in total. The predicted octanol–water partition coefficient (Wildman–Crippen LogP) is 3.90. The van der Waals surface area contributed by atoms with Gasteiger partial charge in [0, 0.05) is 0 Å². The summed E-state index contributed by atoms with van der Waals surface area (Å²) in [6.07, 6.45) is 3.52. The molecule has 116 valence electrons. The first-order valence-corrected chi connectivity index (χ1v) is 7.49. The first-order chi connectivity index (χ1) is 9.83. The number of benzene rings is 1. The lowest BCUT2D eigenvalue weighted by Crippen LogP contribution is -2.24. The second-order valence-corrected chi connectivity index (χ2v) is 6.45. The van der Waals surface area contributed by atoms with Gasteiger partial charge in [0.2, 0.25) is 0 Å². The van der Waals surface area contributed by atoms with E-state index in [2.05, 4.69) is 0 Å². The highest BCUT2D eigenvalue weighted by Gasteiger charge is 2.38. The van der Waals surface area contributed by atoms with Crippen molar-refractivity contribution < 1.29 is 19.4 Å². The minimum absolute atomic E-state index is 0.101. The van der Waals surface area contributed by atoms with Gasteiger partial charge in [-0.05, 0) is 67.3 Å². The van der Waals surface area contributed by atoms with E-state index in [4.69, 9.17) is 5.11 Å². The molecule has 1 saturated carbocycles. The van der Waals surface area contributed by atoms with Crippen molar-refractivity contribution in [2.45, 2.75) is 58.5 Å². The molecule has 1 aliphatic carbocycles. The summed E-state index contributed by atoms with van der Waals surface area (Å²) in [6, 6.07) is 2.84. The van der Waals surface area contributed by atoms with Gasteiger partial charge in [0.15, 0.2) is 0 Å². The molecule has 21 heavy (non-hydrogen) atoms. The van der Waals surface area contributed by atoms with Gasteiger partial charge in [-0.1, -0.05) is 12.8 Å². The SMILES string of the molecule is Cc1cc(F)cc(C)c1C(O)CC1(CC(=O)O)CCCC1. The van der Waals surface area contributed by atoms with E-state index in [1.807, 2.05) is 0 Å². The van der Waals surface area contributed by atoms with Crippen molar-refractivity contribution in [3.63, 3.8) is 0 Å². The normalized spacial score (nSPS) is 18.7. The molecule has 4 heteroatoms. The van der Waals surface area contributed by atoms with E-state index < -0.39 is 12.1 Å². The molecule has 0 heterocycles. The van der Waals surface area contributed by atoms with Crippen LogP contribution in [0.4, 0.5) is 4.39 Å². The van der Waals surface area contributed by atoms with Crippen molar-refractivity contribution in [1.29, 1.82) is 0 Å². The Bertz CT molecular complexity index is 510. The third kappa shape index (κ3) is 3.62. The quantitative estimate of drug-likeness (QED) is 0.866. The summed E-state index contributed by atoms with van der Waals surface area (Å²) in [4.78, 5) is 11.1. The molecule has 1 atom stereocenters. The van der Waals surface area contributed by atoms with Gasteiger partial charge in [0.1, 0.15) is 5.82 Å². The monoisotopic (exact) mass is 294 g/mol. The molecule has 1 aromatic carbocycles. The Morgan fingerprint density at radius 1 is 1.29 bits per heavy atom. The number of aliphatic carboxylic acids is 1. The number of carbonyl (C=O) groups is 1. The number of hydrogen-bond donors (Lipinski definition) is 2. The number of carboxylic acid groups (broad SMARTS) is 1. The fourth-order valence-electron chi connectivity index (χ4n) is 3.86. The summed E-state index contributed by atoms with van der Waals surface area (Å²) in [6.45, 7) is 3.57. The van der Waals surface area contributed by atoms with E-state index in [9.17, 15) is 14.3 Å². The Labute approximate surface area is 124 Å². The van der Waals surface area contributed by atoms with Gasteiger partial charge in [-0.2, -0.15) is 0 Å². The lowest BCUT2D eigenvalue weighted by atomic mass is 9.76. The fourth-order valence-corrected chi connectivity index (χ4v) is 3.86. The largest absolute Gasteiger partial charge is 0.481 e. The molecular weight excluding hydrogens is 271 g/mol. The first kappa shape index (κ1) is 16.0. The van der Waals surface area contributed by atoms with Crippen LogP contribution < -0.4 is 0 Å². The molecule has 0 spiro atoms. The topological polar surface area (TPSA) is 57.5 Å². The third-order valence-electron chi connectivity index (χ3n) is 4.71. The summed E-state index contributed by atoms with van der Waals surface area (Å²) in [7, 11) is 0. The van der Waals surface area contributed by atoms with E-state index in [1.54, 1.807) is 13.8 Å². The lowest BCUT2D eigenvalue weighted by molar-refractivity contribution is -0.140. The van der Waals surface area contributed by atoms with Crippen LogP contribution in [0.3, 0.4) is 0 Å². The molecule has 1 aromatic rings. The van der Waals surface area contributed by atoms with E-state index >= 15 is 0 Å². The Morgan fingerprint density at radius 3 is 2.29 bits per heavy atom. The van der Waals surface area contributed by atoms with E-state index in [1.165, 1.54) is 12.1 Å². The van der Waals surface area contributed by atoms with Crippen LogP contribution in [-0.4, -0.2) is 16.2 Å². The Balaban J connectivity index is 2.23. The fraction of sp³-hybridized carbons (Fsp3) is 0.588. The van der Waals surface area contributed by atoms with Crippen LogP contribution in [0.5, 0.6) is 0 Å². The van der Waals surface area contributed by atoms with Crippen LogP contribution in [0.1, 0.15) is 61.3 Å². The predicted molar refractivity (Wildman–Crippen MR) is 78.6 cm³/mol. The van der Waals surface area contributed by atoms with Crippen molar-refractivity contribution in [2.75, 3.05) is 0 Å². The maximum absolute atomic E-state index is 13.4. The van der Waals surface area contributed by atoms with E-state index in [0.29, 0.717) is 6.42 Å². The number of rotatable bonds is 5. The highest BCUT2D eigenvalue weighted by atomic mass is 19.1. The van der Waals surface area contributed by atoms with Crippen LogP contribution in [0.2, 0.25) is 0 Å². The minimum Gasteiger partial charge on any atom is -0.481 e. The molecule has 2 N–H and O–H groups in total. The number of aryl methyl sites for hydroxylation is 2. The molecular formula is C17H23FO3. The zero-order chi connectivity index (χ0) is 15.6. The second kappa shape index (κ2) is 6.14. The molecule has 2 rings (SSSR count). The van der Waals surface area contributed by atoms with Gasteiger partial charge in [0.25, 0.3) is 0 Å². The molecule has 0 saturated heterocycles. The number of carboxylic acids is 1. The Morgan fingerprint density at radius 2 is 1.81 bits per heavy atom. The maximum atomic E-state index is 13.4. The molecule has 1 aliphatic rings. The van der Waals surface area contributed by atoms with Gasteiger partial charge in [-0.15, -0.1) is 0 Å². The number of halogens is 1. The summed E-state index contributed by atoms with van der Waals surface area (Å²) < 4.78 is 13.4. The minimum atomic E-state index is -0.809. The van der Waals surface area contributed by atoms with Gasteiger partial charge in [-0.25, -0.2) is 4.39 Å². The van der Waals surface area contributed by atoms with Crippen molar-refractivity contribution >= 4 is 5.97 Å². The van der Waals surface area contributed by atoms with Crippen molar-refractivity contribution in [3.8, 4) is 0 Å². The van der Waals surface area contributed by atoms with Gasteiger partial charge in [-0.3, -0.25) is 4.79 Å². The molecule has 0 amide bonds. The van der Waals surface area contributed by atoms with Crippen LogP contribution in [0.25, 0.3) is 0 Å². The highest BCUT2D eigenvalue weighted by Crippen LogP contribution is 2.47. The molecule has 0 aliphatic heterocycles. The van der Waals surface area contributed by atoms with Gasteiger partial charge < -0.3 is 10.2 Å². The lowest BCUT2D eigenvalue weighted by Gasteiger charge is -2.31. The molecule has 0 radical (unpaired) electrons. The first-order valence-electron chi connectivity index (χ1n) is 7.49. The van der Waals surface area contributed by atoms with Gasteiger partial charge >= 0.3 is 5.97 Å². The van der Waals surface area contributed by atoms with Crippen LogP contribution in [-0.2, 0) is 4.79 Å². The van der Waals surface area contributed by atoms with Gasteiger partial charge in [0.05, 0.1) is 12.5 Å². The average molecular weight is 294 g/mol. The van der Waals surface area contributed by atoms with E-state index in [-0.39, 0.29) is 17.7 Å².